The second kappa shape index (κ2) is 38.3. The Balaban J connectivity index is -0.000000293. The molecule has 0 saturated heterocycles. The number of hydrogen-bond acceptors (Lipinski definition) is 5. The summed E-state index contributed by atoms with van der Waals surface area (Å²) in [5.74, 6) is 0. The van der Waals surface area contributed by atoms with Crippen LogP contribution in [0.15, 0.2) is 0 Å². The normalized spacial score (nSPS) is 10.3. The predicted octanol–water partition coefficient (Wildman–Crippen LogP) is 0.690. The molecule has 0 bridgehead atoms. The van der Waals surface area contributed by atoms with Gasteiger partial charge in [0.05, 0.1) is 0 Å². The summed E-state index contributed by atoms with van der Waals surface area (Å²) in [6.45, 7) is 6.57. The minimum absolute atomic E-state index is 0. The van der Waals surface area contributed by atoms with Crippen LogP contribution in [-0.2, 0) is 15.1 Å². The smallest absolute Gasteiger partial charge is 0.759 e. The summed E-state index contributed by atoms with van der Waals surface area (Å²) in [6.07, 6.45) is 28.2. The molecule has 0 aliphatic heterocycles. The van der Waals surface area contributed by atoms with Gasteiger partial charge in [0, 0.05) is 23.6 Å². The molecular formula is C24H52Na2O6S. The number of hydrogen-bond donors (Lipinski definition) is 0. The molecule has 0 aliphatic carbocycles. The van der Waals surface area contributed by atoms with Crippen molar-refractivity contribution in [1.29, 1.82) is 0 Å². The molecule has 192 valence electrons. The minimum Gasteiger partial charge on any atom is -0.759 e. The average molecular weight is 515 g/mol. The molecule has 0 atom stereocenters. The van der Waals surface area contributed by atoms with Crippen LogP contribution in [0.3, 0.4) is 0 Å². The van der Waals surface area contributed by atoms with Crippen LogP contribution in [-0.4, -0.2) is 36.2 Å². The van der Waals surface area contributed by atoms with E-state index in [1.807, 2.05) is 0 Å². The molecular weight excluding hydrogens is 462 g/mol. The molecule has 0 aromatic rings. The first kappa shape index (κ1) is 44.8. The quantitative estimate of drug-likeness (QED) is 0.0911. The van der Waals surface area contributed by atoms with Crippen LogP contribution in [0.2, 0.25) is 0 Å². The summed E-state index contributed by atoms with van der Waals surface area (Å²) in [7, 11) is -5.17. The van der Waals surface area contributed by atoms with Crippen LogP contribution >= 0.6 is 0 Å². The zero-order valence-electron chi connectivity index (χ0n) is 22.5. The van der Waals surface area contributed by atoms with Gasteiger partial charge in [-0.05, 0) is 12.8 Å². The molecule has 0 saturated carbocycles. The second-order valence-corrected chi connectivity index (χ2v) is 9.20. The predicted molar refractivity (Wildman–Crippen MR) is 129 cm³/mol. The number of ether oxygens (including phenoxy) is 1. The molecule has 0 rings (SSSR count). The summed E-state index contributed by atoms with van der Waals surface area (Å²) in [5.41, 5.74) is 0. The summed E-state index contributed by atoms with van der Waals surface area (Å²) in [4.78, 5) is 0. The van der Waals surface area contributed by atoms with Gasteiger partial charge in [0.15, 0.2) is 0 Å². The van der Waals surface area contributed by atoms with Gasteiger partial charge in [0.1, 0.15) is 0 Å². The van der Waals surface area contributed by atoms with Crippen molar-refractivity contribution in [3.05, 3.63) is 0 Å². The molecule has 9 heteroatoms. The van der Waals surface area contributed by atoms with Gasteiger partial charge >= 0.3 is 59.1 Å². The van der Waals surface area contributed by atoms with E-state index in [1.165, 1.54) is 128 Å². The summed E-state index contributed by atoms with van der Waals surface area (Å²) in [5, 5.41) is 0. The maximum atomic E-state index is 8.52. The molecule has 0 heterocycles. The zero-order valence-corrected chi connectivity index (χ0v) is 27.3. The Morgan fingerprint density at radius 1 is 0.485 bits per heavy atom. The fraction of sp³-hybridized carbons (Fsp3) is 1.00. The van der Waals surface area contributed by atoms with Crippen molar-refractivity contribution in [2.45, 2.75) is 142 Å². The summed E-state index contributed by atoms with van der Waals surface area (Å²) in [6, 6.07) is 0. The first-order chi connectivity index (χ1) is 14.4. The third kappa shape index (κ3) is 60.3. The standard InChI is InChI=1S/C24H50O.2Na.H2O4S.H2O/c1-3-5-7-9-11-13-15-17-19-21-23-25-24-22-20-18-16-14-12-10-8-6-4-2;;;1-5(2,3)4;/h3-24H2,1-2H3;;;(H2,1,2,3,4);1H2/q;2*+1;;/p-2. The first-order valence-corrected chi connectivity index (χ1v) is 14.0. The maximum absolute atomic E-state index is 8.52. The van der Waals surface area contributed by atoms with Gasteiger partial charge in [-0.15, -0.1) is 0 Å². The van der Waals surface area contributed by atoms with E-state index in [-0.39, 0.29) is 64.6 Å². The average Bonchev–Trinajstić information content (AvgIpc) is 2.68. The van der Waals surface area contributed by atoms with Crippen molar-refractivity contribution < 1.29 is 86.9 Å². The number of unbranched alkanes of at least 4 members (excludes halogenated alkanes) is 18. The molecule has 33 heavy (non-hydrogen) atoms. The van der Waals surface area contributed by atoms with Crippen LogP contribution in [0.1, 0.15) is 142 Å². The molecule has 0 spiro atoms. The van der Waals surface area contributed by atoms with Crippen molar-refractivity contribution >= 4 is 10.4 Å². The summed E-state index contributed by atoms with van der Waals surface area (Å²) < 4.78 is 39.9. The van der Waals surface area contributed by atoms with Crippen molar-refractivity contribution in [3.8, 4) is 0 Å². The van der Waals surface area contributed by atoms with E-state index in [2.05, 4.69) is 13.8 Å². The van der Waals surface area contributed by atoms with Gasteiger partial charge in [0.25, 0.3) is 0 Å². The third-order valence-corrected chi connectivity index (χ3v) is 5.28. The van der Waals surface area contributed by atoms with Crippen molar-refractivity contribution in [2.24, 2.45) is 0 Å². The molecule has 2 N–H and O–H groups in total. The molecule has 0 fully saturated rings. The van der Waals surface area contributed by atoms with E-state index in [1.54, 1.807) is 0 Å². The summed E-state index contributed by atoms with van der Waals surface area (Å²) >= 11 is 0. The fourth-order valence-corrected chi connectivity index (χ4v) is 3.49. The van der Waals surface area contributed by atoms with Crippen LogP contribution in [0.5, 0.6) is 0 Å². The van der Waals surface area contributed by atoms with E-state index in [9.17, 15) is 0 Å². The van der Waals surface area contributed by atoms with Gasteiger partial charge in [-0.25, -0.2) is 0 Å². The largest absolute Gasteiger partial charge is 1.00 e. The topological polar surface area (TPSA) is 121 Å². The Hall–Kier alpha value is 1.79. The van der Waals surface area contributed by atoms with E-state index in [4.69, 9.17) is 22.3 Å². The van der Waals surface area contributed by atoms with E-state index >= 15 is 0 Å². The first-order valence-electron chi connectivity index (χ1n) is 12.7. The van der Waals surface area contributed by atoms with E-state index in [0.29, 0.717) is 0 Å². The van der Waals surface area contributed by atoms with Gasteiger partial charge in [0.2, 0.25) is 0 Å². The Morgan fingerprint density at radius 3 is 0.879 bits per heavy atom. The molecule has 0 radical (unpaired) electrons. The Morgan fingerprint density at radius 2 is 0.667 bits per heavy atom. The van der Waals surface area contributed by atoms with Crippen LogP contribution in [0, 0.1) is 0 Å². The van der Waals surface area contributed by atoms with Gasteiger partial charge < -0.3 is 19.3 Å². The molecule has 0 aromatic heterocycles. The van der Waals surface area contributed by atoms with Crippen molar-refractivity contribution in [2.75, 3.05) is 13.2 Å². The fourth-order valence-electron chi connectivity index (χ4n) is 3.49. The van der Waals surface area contributed by atoms with Crippen molar-refractivity contribution in [1.82, 2.24) is 0 Å². The Kier molecular flexibility index (Phi) is 52.0. The van der Waals surface area contributed by atoms with Gasteiger partial charge in [-0.3, -0.25) is 8.42 Å². The number of rotatable bonds is 22. The Labute approximate surface area is 250 Å². The minimum atomic E-state index is -5.17. The second-order valence-electron chi connectivity index (χ2n) is 8.38. The SMILES string of the molecule is CCCCCCCCCCCCOCCCCCCCCCCCC.O.O=S(=O)([O-])[O-].[Na+].[Na+]. The van der Waals surface area contributed by atoms with E-state index in [0.717, 1.165) is 13.2 Å². The van der Waals surface area contributed by atoms with Gasteiger partial charge in [-0.1, -0.05) is 129 Å². The van der Waals surface area contributed by atoms with Crippen molar-refractivity contribution in [3.63, 3.8) is 0 Å². The molecule has 0 unspecified atom stereocenters. The van der Waals surface area contributed by atoms with Crippen LogP contribution in [0.25, 0.3) is 0 Å². The Bertz CT molecular complexity index is 382. The van der Waals surface area contributed by atoms with Crippen LogP contribution < -0.4 is 59.1 Å². The maximum Gasteiger partial charge on any atom is 1.00 e. The molecule has 0 amide bonds. The monoisotopic (exact) mass is 514 g/mol. The molecule has 0 aromatic carbocycles. The third-order valence-electron chi connectivity index (χ3n) is 5.28. The van der Waals surface area contributed by atoms with Crippen LogP contribution in [0.4, 0.5) is 0 Å². The van der Waals surface area contributed by atoms with Gasteiger partial charge in [-0.2, -0.15) is 0 Å². The molecule has 6 nitrogen and oxygen atoms in total. The van der Waals surface area contributed by atoms with E-state index < -0.39 is 10.4 Å². The zero-order chi connectivity index (χ0) is 22.8. The molecule has 0 aliphatic rings.